The van der Waals surface area contributed by atoms with Crippen molar-refractivity contribution in [1.29, 1.82) is 0 Å². The van der Waals surface area contributed by atoms with Gasteiger partial charge in [0.25, 0.3) is 0 Å². The van der Waals surface area contributed by atoms with Gasteiger partial charge in [0.1, 0.15) is 0 Å². The van der Waals surface area contributed by atoms with Gasteiger partial charge in [-0.3, -0.25) is 4.79 Å². The van der Waals surface area contributed by atoms with E-state index >= 15 is 0 Å². The molecule has 0 spiro atoms. The summed E-state index contributed by atoms with van der Waals surface area (Å²) in [5.74, 6) is 0.834. The molecule has 2 N–H and O–H groups in total. The average molecular weight is 267 g/mol. The van der Waals surface area contributed by atoms with Gasteiger partial charge < -0.3 is 10.6 Å². The summed E-state index contributed by atoms with van der Waals surface area (Å²) in [5.41, 5.74) is 1.23. The van der Waals surface area contributed by atoms with Gasteiger partial charge in [-0.1, -0.05) is 23.7 Å². The van der Waals surface area contributed by atoms with Crippen LogP contribution in [0.2, 0.25) is 5.02 Å². The SMILES string of the molecule is O=C(CNCCc1ccc(Cl)cc1)NCC1CC1. The molecule has 0 unspecified atom stereocenters. The Kier molecular flexibility index (Phi) is 5.02. The molecule has 1 aromatic carbocycles. The molecule has 18 heavy (non-hydrogen) atoms. The standard InChI is InChI=1S/C14H19ClN2O/c15-13-5-3-11(4-6-13)7-8-16-10-14(18)17-9-12-1-2-12/h3-6,12,16H,1-2,7-10H2,(H,17,18). The van der Waals surface area contributed by atoms with Crippen molar-refractivity contribution >= 4 is 17.5 Å². The van der Waals surface area contributed by atoms with Crippen LogP contribution in [0.1, 0.15) is 18.4 Å². The second-order valence-electron chi connectivity index (χ2n) is 4.80. The van der Waals surface area contributed by atoms with E-state index in [0.717, 1.165) is 30.5 Å². The Bertz CT molecular complexity index is 387. The summed E-state index contributed by atoms with van der Waals surface area (Å²) in [5, 5.41) is 6.83. The van der Waals surface area contributed by atoms with E-state index in [1.165, 1.54) is 18.4 Å². The van der Waals surface area contributed by atoms with Crippen LogP contribution in [0.4, 0.5) is 0 Å². The summed E-state index contributed by atoms with van der Waals surface area (Å²) >= 11 is 5.81. The minimum Gasteiger partial charge on any atom is -0.355 e. The van der Waals surface area contributed by atoms with Crippen molar-refractivity contribution in [3.05, 3.63) is 34.9 Å². The normalized spacial score (nSPS) is 14.5. The van der Waals surface area contributed by atoms with Gasteiger partial charge in [0.2, 0.25) is 5.91 Å². The molecule has 0 aliphatic heterocycles. The van der Waals surface area contributed by atoms with E-state index in [-0.39, 0.29) is 5.91 Å². The van der Waals surface area contributed by atoms with Crippen LogP contribution >= 0.6 is 11.6 Å². The number of rotatable bonds is 7. The lowest BCUT2D eigenvalue weighted by Crippen LogP contribution is -2.35. The summed E-state index contributed by atoms with van der Waals surface area (Å²) in [6, 6.07) is 7.80. The third-order valence-corrected chi connectivity index (χ3v) is 3.33. The van der Waals surface area contributed by atoms with Crippen LogP contribution in [-0.4, -0.2) is 25.5 Å². The van der Waals surface area contributed by atoms with E-state index in [1.807, 2.05) is 24.3 Å². The third kappa shape index (κ3) is 5.07. The minimum atomic E-state index is 0.0954. The van der Waals surface area contributed by atoms with Crippen molar-refractivity contribution in [2.45, 2.75) is 19.3 Å². The molecule has 2 rings (SSSR count). The van der Waals surface area contributed by atoms with Gasteiger partial charge in [-0.05, 0) is 49.4 Å². The Hall–Kier alpha value is -1.06. The lowest BCUT2D eigenvalue weighted by atomic mass is 10.1. The van der Waals surface area contributed by atoms with Crippen molar-refractivity contribution in [1.82, 2.24) is 10.6 Å². The molecule has 1 aromatic rings. The van der Waals surface area contributed by atoms with Gasteiger partial charge in [-0.25, -0.2) is 0 Å². The molecule has 0 heterocycles. The first-order chi connectivity index (χ1) is 8.74. The highest BCUT2D eigenvalue weighted by atomic mass is 35.5. The molecule has 3 nitrogen and oxygen atoms in total. The number of halogens is 1. The predicted octanol–water partition coefficient (Wildman–Crippen LogP) is 2.00. The quantitative estimate of drug-likeness (QED) is 0.741. The van der Waals surface area contributed by atoms with Crippen LogP contribution in [0.5, 0.6) is 0 Å². The maximum atomic E-state index is 11.4. The number of benzene rings is 1. The van der Waals surface area contributed by atoms with Gasteiger partial charge in [0, 0.05) is 11.6 Å². The van der Waals surface area contributed by atoms with Crippen molar-refractivity contribution in [2.75, 3.05) is 19.6 Å². The summed E-state index contributed by atoms with van der Waals surface area (Å²) in [4.78, 5) is 11.4. The Labute approximate surface area is 113 Å². The molecular weight excluding hydrogens is 248 g/mol. The zero-order valence-electron chi connectivity index (χ0n) is 10.4. The number of carbonyl (C=O) groups is 1. The van der Waals surface area contributed by atoms with Crippen LogP contribution < -0.4 is 10.6 Å². The highest BCUT2D eigenvalue weighted by Crippen LogP contribution is 2.27. The molecule has 0 aromatic heterocycles. The minimum absolute atomic E-state index is 0.0954. The van der Waals surface area contributed by atoms with Gasteiger partial charge in [0.15, 0.2) is 0 Å². The van der Waals surface area contributed by atoms with E-state index < -0.39 is 0 Å². The number of amides is 1. The molecule has 1 amide bonds. The van der Waals surface area contributed by atoms with E-state index in [9.17, 15) is 4.79 Å². The molecule has 1 saturated carbocycles. The van der Waals surface area contributed by atoms with Crippen LogP contribution in [0.15, 0.2) is 24.3 Å². The Morgan fingerprint density at radius 2 is 2.00 bits per heavy atom. The molecular formula is C14H19ClN2O. The molecule has 0 atom stereocenters. The predicted molar refractivity (Wildman–Crippen MR) is 73.8 cm³/mol. The van der Waals surface area contributed by atoms with E-state index in [1.54, 1.807) is 0 Å². The van der Waals surface area contributed by atoms with Crippen LogP contribution in [0, 0.1) is 5.92 Å². The van der Waals surface area contributed by atoms with E-state index in [0.29, 0.717) is 6.54 Å². The Balaban J connectivity index is 1.54. The smallest absolute Gasteiger partial charge is 0.233 e. The number of hydrogen-bond acceptors (Lipinski definition) is 2. The van der Waals surface area contributed by atoms with Crippen molar-refractivity contribution in [3.8, 4) is 0 Å². The van der Waals surface area contributed by atoms with Crippen LogP contribution in [0.3, 0.4) is 0 Å². The molecule has 1 aliphatic rings. The first kappa shape index (κ1) is 13.4. The summed E-state index contributed by atoms with van der Waals surface area (Å²) < 4.78 is 0. The Morgan fingerprint density at radius 3 is 2.67 bits per heavy atom. The zero-order valence-corrected chi connectivity index (χ0v) is 11.2. The van der Waals surface area contributed by atoms with Crippen LogP contribution in [-0.2, 0) is 11.2 Å². The molecule has 1 aliphatic carbocycles. The topological polar surface area (TPSA) is 41.1 Å². The fourth-order valence-electron chi connectivity index (χ4n) is 1.73. The number of carbonyl (C=O) groups excluding carboxylic acids is 1. The summed E-state index contributed by atoms with van der Waals surface area (Å²) in [6.07, 6.45) is 3.45. The second kappa shape index (κ2) is 6.76. The van der Waals surface area contributed by atoms with Gasteiger partial charge in [-0.2, -0.15) is 0 Å². The monoisotopic (exact) mass is 266 g/mol. The molecule has 0 bridgehead atoms. The molecule has 0 radical (unpaired) electrons. The van der Waals surface area contributed by atoms with Crippen molar-refractivity contribution in [2.24, 2.45) is 5.92 Å². The van der Waals surface area contributed by atoms with Crippen molar-refractivity contribution in [3.63, 3.8) is 0 Å². The number of nitrogens with one attached hydrogen (secondary N) is 2. The van der Waals surface area contributed by atoms with Gasteiger partial charge >= 0.3 is 0 Å². The largest absolute Gasteiger partial charge is 0.355 e. The molecule has 98 valence electrons. The second-order valence-corrected chi connectivity index (χ2v) is 5.24. The average Bonchev–Trinajstić information content (AvgIpc) is 3.18. The summed E-state index contributed by atoms with van der Waals surface area (Å²) in [7, 11) is 0. The first-order valence-electron chi connectivity index (χ1n) is 6.46. The van der Waals surface area contributed by atoms with E-state index in [4.69, 9.17) is 11.6 Å². The maximum Gasteiger partial charge on any atom is 0.233 e. The molecule has 4 heteroatoms. The van der Waals surface area contributed by atoms with Crippen LogP contribution in [0.25, 0.3) is 0 Å². The maximum absolute atomic E-state index is 11.4. The molecule has 0 saturated heterocycles. The Morgan fingerprint density at radius 1 is 1.28 bits per heavy atom. The lowest BCUT2D eigenvalue weighted by Gasteiger charge is -2.06. The van der Waals surface area contributed by atoms with Gasteiger partial charge in [0.05, 0.1) is 6.54 Å². The summed E-state index contributed by atoms with van der Waals surface area (Å²) in [6.45, 7) is 2.05. The number of hydrogen-bond donors (Lipinski definition) is 2. The fraction of sp³-hybridized carbons (Fsp3) is 0.500. The first-order valence-corrected chi connectivity index (χ1v) is 6.83. The third-order valence-electron chi connectivity index (χ3n) is 3.07. The fourth-order valence-corrected chi connectivity index (χ4v) is 1.85. The highest BCUT2D eigenvalue weighted by Gasteiger charge is 2.21. The highest BCUT2D eigenvalue weighted by molar-refractivity contribution is 6.30. The van der Waals surface area contributed by atoms with Gasteiger partial charge in [-0.15, -0.1) is 0 Å². The lowest BCUT2D eigenvalue weighted by molar-refractivity contribution is -0.120. The van der Waals surface area contributed by atoms with Crippen molar-refractivity contribution < 1.29 is 4.79 Å². The zero-order chi connectivity index (χ0) is 12.8. The molecule has 1 fully saturated rings. The van der Waals surface area contributed by atoms with E-state index in [2.05, 4.69) is 10.6 Å².